The Hall–Kier alpha value is -2.02. The number of benzene rings is 1. The molecule has 6 heteroatoms. The molecule has 2 N–H and O–H groups in total. The number of likely N-dealkylation sites (tertiary alicyclic amines) is 1. The van der Waals surface area contributed by atoms with Gasteiger partial charge < -0.3 is 20.2 Å². The Morgan fingerprint density at radius 2 is 1.94 bits per heavy atom. The smallest absolute Gasteiger partial charge is 0.156 e. The average molecular weight is 444 g/mol. The molecule has 1 heterocycles. The normalized spacial score (nSPS) is 17.4. The SMILES string of the molecule is C/C=C(\C)N(/C=C(\C)C(C)=O)CC(O)CN1CCC(C(=S)Nc2ccccc2C)CC1. The first kappa shape index (κ1) is 25.2. The molecule has 0 aliphatic carbocycles. The van der Waals surface area contributed by atoms with Gasteiger partial charge in [-0.2, -0.15) is 0 Å². The van der Waals surface area contributed by atoms with Gasteiger partial charge in [0, 0.05) is 42.2 Å². The van der Waals surface area contributed by atoms with Crippen LogP contribution in [-0.2, 0) is 4.79 Å². The van der Waals surface area contributed by atoms with Gasteiger partial charge in [-0.25, -0.2) is 0 Å². The number of anilines is 1. The minimum Gasteiger partial charge on any atom is -0.390 e. The lowest BCUT2D eigenvalue weighted by Crippen LogP contribution is -2.43. The second-order valence-corrected chi connectivity index (χ2v) is 8.92. The Bertz CT molecular complexity index is 826. The van der Waals surface area contributed by atoms with Crippen molar-refractivity contribution in [1.82, 2.24) is 9.80 Å². The van der Waals surface area contributed by atoms with E-state index in [4.69, 9.17) is 12.2 Å². The first-order valence-electron chi connectivity index (χ1n) is 11.1. The minimum atomic E-state index is -0.500. The summed E-state index contributed by atoms with van der Waals surface area (Å²) in [6, 6.07) is 8.20. The summed E-state index contributed by atoms with van der Waals surface area (Å²) in [7, 11) is 0. The number of nitrogens with zero attached hydrogens (tertiary/aromatic N) is 2. The maximum atomic E-state index is 11.6. The van der Waals surface area contributed by atoms with Gasteiger partial charge in [0.15, 0.2) is 5.78 Å². The third-order valence-corrected chi connectivity index (χ3v) is 6.45. The summed E-state index contributed by atoms with van der Waals surface area (Å²) in [6.45, 7) is 12.3. The maximum Gasteiger partial charge on any atom is 0.156 e. The average Bonchev–Trinajstić information content (AvgIpc) is 2.74. The van der Waals surface area contributed by atoms with Crippen LogP contribution in [0.4, 0.5) is 5.69 Å². The van der Waals surface area contributed by atoms with E-state index >= 15 is 0 Å². The standard InChI is InChI=1S/C25H37N3O2S/c1-6-20(4)28(15-19(3)21(5)29)17-23(30)16-27-13-11-22(12-14-27)25(31)26-24-10-8-7-9-18(24)2/h6-10,15,22-23,30H,11-14,16-17H2,1-5H3,(H,26,31)/b19-15+,20-6+. The maximum absolute atomic E-state index is 11.6. The number of aryl methyl sites for hydroxylation is 1. The number of aliphatic hydroxyl groups is 1. The van der Waals surface area contributed by atoms with Crippen LogP contribution in [0.15, 0.2) is 47.8 Å². The molecule has 1 unspecified atom stereocenters. The van der Waals surface area contributed by atoms with E-state index in [1.165, 1.54) is 5.56 Å². The van der Waals surface area contributed by atoms with Crippen LogP contribution in [0.2, 0.25) is 0 Å². The molecule has 0 aromatic heterocycles. The van der Waals surface area contributed by atoms with Gasteiger partial charge in [-0.15, -0.1) is 0 Å². The van der Waals surface area contributed by atoms with Gasteiger partial charge in [-0.1, -0.05) is 36.5 Å². The van der Waals surface area contributed by atoms with Crippen molar-refractivity contribution in [2.45, 2.75) is 53.6 Å². The second kappa shape index (κ2) is 12.1. The molecule has 1 aromatic rings. The zero-order chi connectivity index (χ0) is 23.0. The fraction of sp³-hybridized carbons (Fsp3) is 0.520. The Labute approximate surface area is 192 Å². The van der Waals surface area contributed by atoms with E-state index in [2.05, 4.69) is 29.3 Å². The van der Waals surface area contributed by atoms with Crippen molar-refractivity contribution in [2.24, 2.45) is 5.92 Å². The summed E-state index contributed by atoms with van der Waals surface area (Å²) in [5, 5.41) is 14.1. The summed E-state index contributed by atoms with van der Waals surface area (Å²) < 4.78 is 0. The molecule has 1 atom stereocenters. The predicted molar refractivity (Wildman–Crippen MR) is 133 cm³/mol. The van der Waals surface area contributed by atoms with Crippen LogP contribution in [0.1, 0.15) is 46.1 Å². The molecule has 170 valence electrons. The lowest BCUT2D eigenvalue weighted by atomic mass is 9.96. The van der Waals surface area contributed by atoms with Gasteiger partial charge in [-0.05, 0) is 72.2 Å². The van der Waals surface area contributed by atoms with Crippen molar-refractivity contribution >= 4 is 28.7 Å². The quantitative estimate of drug-likeness (QED) is 0.432. The molecule has 5 nitrogen and oxygen atoms in total. The van der Waals surface area contributed by atoms with E-state index in [9.17, 15) is 9.90 Å². The molecule has 31 heavy (non-hydrogen) atoms. The highest BCUT2D eigenvalue weighted by Gasteiger charge is 2.24. The Morgan fingerprint density at radius 1 is 1.29 bits per heavy atom. The lowest BCUT2D eigenvalue weighted by molar-refractivity contribution is -0.113. The number of β-amino-alcohol motifs (C(OH)–C–C–N with tert-alkyl or cyclic N) is 1. The first-order valence-corrected chi connectivity index (χ1v) is 11.5. The molecule has 1 saturated heterocycles. The Morgan fingerprint density at radius 3 is 2.52 bits per heavy atom. The van der Waals surface area contributed by atoms with Gasteiger partial charge in [-0.3, -0.25) is 4.79 Å². The summed E-state index contributed by atoms with van der Waals surface area (Å²) in [5.41, 5.74) is 3.98. The number of para-hydroxylation sites is 1. The topological polar surface area (TPSA) is 55.8 Å². The molecular formula is C25H37N3O2S. The first-order chi connectivity index (χ1) is 14.7. The molecule has 1 aromatic carbocycles. The number of Topliss-reactive ketones (excluding diaryl/α,β-unsaturated/α-hetero) is 1. The summed E-state index contributed by atoms with van der Waals surface area (Å²) in [4.78, 5) is 16.8. The van der Waals surface area contributed by atoms with E-state index in [1.807, 2.05) is 50.1 Å². The Balaban J connectivity index is 1.85. The number of piperidine rings is 1. The number of hydrogen-bond acceptors (Lipinski definition) is 5. The highest BCUT2D eigenvalue weighted by atomic mass is 32.1. The number of nitrogens with one attached hydrogen (secondary N) is 1. The predicted octanol–water partition coefficient (Wildman–Crippen LogP) is 4.53. The summed E-state index contributed by atoms with van der Waals surface area (Å²) in [5.74, 6) is 0.409. The van der Waals surface area contributed by atoms with E-state index in [0.717, 1.165) is 42.3 Å². The van der Waals surface area contributed by atoms with Gasteiger partial charge in [0.25, 0.3) is 0 Å². The molecule has 2 rings (SSSR count). The van der Waals surface area contributed by atoms with Crippen molar-refractivity contribution in [2.75, 3.05) is 31.5 Å². The van der Waals surface area contributed by atoms with E-state index < -0.39 is 6.10 Å². The fourth-order valence-corrected chi connectivity index (χ4v) is 4.04. The molecule has 0 bridgehead atoms. The molecular weight excluding hydrogens is 406 g/mol. The lowest BCUT2D eigenvalue weighted by Gasteiger charge is -2.34. The zero-order valence-electron chi connectivity index (χ0n) is 19.5. The highest BCUT2D eigenvalue weighted by molar-refractivity contribution is 7.80. The summed E-state index contributed by atoms with van der Waals surface area (Å²) in [6.07, 6.45) is 5.31. The fourth-order valence-electron chi connectivity index (χ4n) is 3.70. The van der Waals surface area contributed by atoms with Crippen LogP contribution in [0.25, 0.3) is 0 Å². The molecule has 1 aliphatic rings. The number of aliphatic hydroxyl groups excluding tert-OH is 1. The van der Waals surface area contributed by atoms with Gasteiger partial charge >= 0.3 is 0 Å². The van der Waals surface area contributed by atoms with E-state index in [1.54, 1.807) is 6.92 Å². The molecule has 0 radical (unpaired) electrons. The third-order valence-electron chi connectivity index (χ3n) is 6.01. The summed E-state index contributed by atoms with van der Waals surface area (Å²) >= 11 is 5.68. The van der Waals surface area contributed by atoms with Crippen LogP contribution in [-0.4, -0.2) is 58.0 Å². The largest absolute Gasteiger partial charge is 0.390 e. The Kier molecular flexibility index (Phi) is 9.88. The van der Waals surface area contributed by atoms with Gasteiger partial charge in [0.2, 0.25) is 0 Å². The van der Waals surface area contributed by atoms with Crippen molar-refractivity contribution in [3.8, 4) is 0 Å². The number of thiocarbonyl (C=S) groups is 1. The number of hydrogen-bond donors (Lipinski definition) is 2. The molecule has 0 amide bonds. The molecule has 1 aliphatic heterocycles. The zero-order valence-corrected chi connectivity index (χ0v) is 20.3. The molecule has 0 spiro atoms. The van der Waals surface area contributed by atoms with Crippen molar-refractivity contribution < 1.29 is 9.90 Å². The number of carbonyl (C=O) groups excluding carboxylic acids is 1. The van der Waals surface area contributed by atoms with Crippen LogP contribution < -0.4 is 5.32 Å². The number of allylic oxidation sites excluding steroid dienone is 3. The third kappa shape index (κ3) is 7.87. The number of ketones is 1. The highest BCUT2D eigenvalue weighted by Crippen LogP contribution is 2.22. The minimum absolute atomic E-state index is 0.0424. The van der Waals surface area contributed by atoms with Crippen LogP contribution in [0, 0.1) is 12.8 Å². The van der Waals surface area contributed by atoms with Crippen molar-refractivity contribution in [3.05, 3.63) is 53.4 Å². The second-order valence-electron chi connectivity index (χ2n) is 8.48. The van der Waals surface area contributed by atoms with Crippen LogP contribution in [0.5, 0.6) is 0 Å². The monoisotopic (exact) mass is 443 g/mol. The number of carbonyl (C=O) groups is 1. The van der Waals surface area contributed by atoms with Crippen LogP contribution >= 0.6 is 12.2 Å². The van der Waals surface area contributed by atoms with Gasteiger partial charge in [0.05, 0.1) is 11.1 Å². The molecule has 0 saturated carbocycles. The van der Waals surface area contributed by atoms with Crippen LogP contribution in [0.3, 0.4) is 0 Å². The van der Waals surface area contributed by atoms with E-state index in [0.29, 0.717) is 24.6 Å². The van der Waals surface area contributed by atoms with Gasteiger partial charge in [0.1, 0.15) is 0 Å². The molecule has 1 fully saturated rings. The van der Waals surface area contributed by atoms with Crippen molar-refractivity contribution in [3.63, 3.8) is 0 Å². The number of rotatable bonds is 9. The van der Waals surface area contributed by atoms with E-state index in [-0.39, 0.29) is 5.78 Å². The van der Waals surface area contributed by atoms with Crippen molar-refractivity contribution in [1.29, 1.82) is 0 Å².